The Morgan fingerprint density at radius 2 is 1.49 bits per heavy atom. The first-order valence-corrected chi connectivity index (χ1v) is 17.5. The molecule has 0 unspecified atom stereocenters. The average molecular weight is 675 g/mol. The fourth-order valence-electron chi connectivity index (χ4n) is 7.38. The molecular formula is C43H42N6O2. The van der Waals surface area contributed by atoms with Gasteiger partial charge in [-0.1, -0.05) is 97.1 Å². The summed E-state index contributed by atoms with van der Waals surface area (Å²) in [5.41, 5.74) is 6.80. The van der Waals surface area contributed by atoms with Crippen molar-refractivity contribution in [3.8, 4) is 11.3 Å². The van der Waals surface area contributed by atoms with Crippen molar-refractivity contribution in [3.05, 3.63) is 156 Å². The number of anilines is 1. The van der Waals surface area contributed by atoms with Gasteiger partial charge in [0, 0.05) is 55.3 Å². The fourth-order valence-corrected chi connectivity index (χ4v) is 7.38. The summed E-state index contributed by atoms with van der Waals surface area (Å²) in [6.45, 7) is 3.69. The summed E-state index contributed by atoms with van der Waals surface area (Å²) in [7, 11) is 1.84. The van der Waals surface area contributed by atoms with Crippen LogP contribution in [0.3, 0.4) is 0 Å². The Labute approximate surface area is 298 Å². The average Bonchev–Trinajstić information content (AvgIpc) is 3.58. The number of fused-ring (bicyclic) bond motifs is 1. The molecule has 0 aliphatic carbocycles. The third-order valence-corrected chi connectivity index (χ3v) is 9.82. The topological polar surface area (TPSA) is 96.1 Å². The quantitative estimate of drug-likeness (QED) is 0.0824. The molecule has 3 heterocycles. The highest BCUT2D eigenvalue weighted by atomic mass is 16.5. The Kier molecular flexibility index (Phi) is 9.74. The number of allylic oxidation sites excluding steroid dienone is 1. The van der Waals surface area contributed by atoms with E-state index in [1.807, 2.05) is 50.6 Å². The van der Waals surface area contributed by atoms with Gasteiger partial charge in [-0.3, -0.25) is 4.79 Å². The molecule has 0 atom stereocenters. The maximum Gasteiger partial charge on any atom is 0.309 e. The SMILES string of the molecule is CCOC(=O)C1CCN(c2cc(-c3nn(C(c4ccccc4)(c4ccccc4)c4ccccc4)c4ccc(/C(C=N)=C/NC)cc34)ccn2)CC1. The molecular weight excluding hydrogens is 633 g/mol. The first-order chi connectivity index (χ1) is 25.1. The Morgan fingerprint density at radius 3 is 2.04 bits per heavy atom. The second-order valence-corrected chi connectivity index (χ2v) is 12.7. The van der Waals surface area contributed by atoms with E-state index in [1.165, 1.54) is 6.21 Å². The van der Waals surface area contributed by atoms with E-state index in [2.05, 4.69) is 112 Å². The zero-order chi connectivity index (χ0) is 35.2. The number of carbonyl (C=O) groups is 1. The molecule has 4 aromatic carbocycles. The van der Waals surface area contributed by atoms with Gasteiger partial charge in [-0.05, 0) is 66.3 Å². The van der Waals surface area contributed by atoms with Crippen molar-refractivity contribution < 1.29 is 9.53 Å². The molecule has 7 rings (SSSR count). The second kappa shape index (κ2) is 14.8. The summed E-state index contributed by atoms with van der Waals surface area (Å²) in [6, 6.07) is 42.1. The molecule has 0 amide bonds. The van der Waals surface area contributed by atoms with Crippen LogP contribution in [0.4, 0.5) is 5.82 Å². The number of hydrogen-bond donors (Lipinski definition) is 2. The maximum atomic E-state index is 12.4. The highest BCUT2D eigenvalue weighted by molar-refractivity contribution is 6.10. The standard InChI is InChI=1S/C43H42N6O2/c1-3-51-42(50)31-22-25-48(26-23-31)40-28-33(21-24-46-40)41-38-27-32(34(29-44)30-45-2)19-20-39(38)49(47-41)43(35-13-7-4-8-14-35,36-15-9-5-10-16-36)37-17-11-6-12-18-37/h4-21,24,27-31,44-45H,3,22-23,25-26H2,1-2H3/b34-30+,44-29?. The number of benzene rings is 4. The highest BCUT2D eigenvalue weighted by Gasteiger charge is 2.41. The number of rotatable bonds is 11. The fraction of sp³-hybridized carbons (Fsp3) is 0.209. The molecule has 1 saturated heterocycles. The number of nitrogens with one attached hydrogen (secondary N) is 2. The van der Waals surface area contributed by atoms with Crippen molar-refractivity contribution in [3.63, 3.8) is 0 Å². The van der Waals surface area contributed by atoms with E-state index in [4.69, 9.17) is 20.2 Å². The van der Waals surface area contributed by atoms with Crippen LogP contribution in [0, 0.1) is 11.3 Å². The van der Waals surface area contributed by atoms with E-state index >= 15 is 0 Å². The summed E-state index contributed by atoms with van der Waals surface area (Å²) in [4.78, 5) is 19.5. The van der Waals surface area contributed by atoms with Crippen LogP contribution in [0.5, 0.6) is 0 Å². The van der Waals surface area contributed by atoms with Gasteiger partial charge in [-0.15, -0.1) is 0 Å². The Hall–Kier alpha value is -6.02. The number of hydrogen-bond acceptors (Lipinski definition) is 7. The van der Waals surface area contributed by atoms with Crippen LogP contribution in [0.1, 0.15) is 42.0 Å². The zero-order valence-corrected chi connectivity index (χ0v) is 29.0. The van der Waals surface area contributed by atoms with Crippen LogP contribution in [0.2, 0.25) is 0 Å². The molecule has 256 valence electrons. The lowest BCUT2D eigenvalue weighted by Gasteiger charge is -2.37. The number of carbonyl (C=O) groups excluding carboxylic acids is 1. The largest absolute Gasteiger partial charge is 0.466 e. The minimum atomic E-state index is -0.822. The van der Waals surface area contributed by atoms with Crippen LogP contribution in [0.15, 0.2) is 134 Å². The van der Waals surface area contributed by atoms with Gasteiger partial charge < -0.3 is 20.4 Å². The number of piperidine rings is 1. The maximum absolute atomic E-state index is 12.4. The Balaban J connectivity index is 1.46. The van der Waals surface area contributed by atoms with Gasteiger partial charge >= 0.3 is 5.97 Å². The van der Waals surface area contributed by atoms with Crippen LogP contribution in [-0.4, -0.2) is 53.7 Å². The van der Waals surface area contributed by atoms with E-state index in [9.17, 15) is 4.79 Å². The molecule has 0 spiro atoms. The third kappa shape index (κ3) is 6.29. The van der Waals surface area contributed by atoms with Crippen molar-refractivity contribution in [2.24, 2.45) is 5.92 Å². The first kappa shape index (κ1) is 33.5. The van der Waals surface area contributed by atoms with Crippen LogP contribution < -0.4 is 10.2 Å². The van der Waals surface area contributed by atoms with Crippen molar-refractivity contribution in [1.29, 1.82) is 5.41 Å². The number of nitrogens with zero attached hydrogens (tertiary/aromatic N) is 4. The number of esters is 1. The predicted octanol–water partition coefficient (Wildman–Crippen LogP) is 7.93. The minimum absolute atomic E-state index is 0.0850. The van der Waals surface area contributed by atoms with Crippen molar-refractivity contribution in [2.75, 3.05) is 31.6 Å². The summed E-state index contributed by atoms with van der Waals surface area (Å²) < 4.78 is 7.49. The molecule has 51 heavy (non-hydrogen) atoms. The van der Waals surface area contributed by atoms with E-state index in [0.29, 0.717) is 6.61 Å². The molecule has 1 aliphatic rings. The minimum Gasteiger partial charge on any atom is -0.466 e. The third-order valence-electron chi connectivity index (χ3n) is 9.82. The van der Waals surface area contributed by atoms with Gasteiger partial charge in [-0.25, -0.2) is 9.67 Å². The van der Waals surface area contributed by atoms with E-state index < -0.39 is 5.54 Å². The van der Waals surface area contributed by atoms with Crippen molar-refractivity contribution >= 4 is 34.5 Å². The molecule has 2 aromatic heterocycles. The smallest absolute Gasteiger partial charge is 0.309 e. The van der Waals surface area contributed by atoms with Gasteiger partial charge in [0.25, 0.3) is 0 Å². The monoisotopic (exact) mass is 674 g/mol. The van der Waals surface area contributed by atoms with Gasteiger partial charge in [0.05, 0.1) is 18.0 Å². The molecule has 1 fully saturated rings. The molecule has 8 nitrogen and oxygen atoms in total. The normalized spacial score (nSPS) is 14.0. The van der Waals surface area contributed by atoms with Crippen molar-refractivity contribution in [1.82, 2.24) is 20.1 Å². The molecule has 0 radical (unpaired) electrons. The second-order valence-electron chi connectivity index (χ2n) is 12.7. The number of aromatic nitrogens is 3. The predicted molar refractivity (Wildman–Crippen MR) is 205 cm³/mol. The Morgan fingerprint density at radius 1 is 0.882 bits per heavy atom. The van der Waals surface area contributed by atoms with E-state index in [-0.39, 0.29) is 11.9 Å². The zero-order valence-electron chi connectivity index (χ0n) is 29.0. The Bertz CT molecular complexity index is 2060. The summed E-state index contributed by atoms with van der Waals surface area (Å²) in [6.07, 6.45) is 6.51. The van der Waals surface area contributed by atoms with E-state index in [1.54, 1.807) is 0 Å². The van der Waals surface area contributed by atoms with Crippen molar-refractivity contribution in [2.45, 2.75) is 25.3 Å². The lowest BCUT2D eigenvalue weighted by Crippen LogP contribution is -2.38. The van der Waals surface area contributed by atoms with Gasteiger partial charge in [0.15, 0.2) is 0 Å². The highest BCUT2D eigenvalue weighted by Crippen LogP contribution is 2.44. The first-order valence-electron chi connectivity index (χ1n) is 17.5. The van der Waals surface area contributed by atoms with Gasteiger partial charge in [-0.2, -0.15) is 5.10 Å². The summed E-state index contributed by atoms with van der Waals surface area (Å²) in [5.74, 6) is 0.657. The lowest BCUT2D eigenvalue weighted by molar-refractivity contribution is -0.148. The number of ether oxygens (including phenoxy) is 1. The molecule has 1 aliphatic heterocycles. The van der Waals surface area contributed by atoms with Crippen LogP contribution in [0.25, 0.3) is 27.7 Å². The van der Waals surface area contributed by atoms with Crippen LogP contribution >= 0.6 is 0 Å². The molecule has 2 N–H and O–H groups in total. The van der Waals surface area contributed by atoms with E-state index in [0.717, 1.165) is 81.7 Å². The lowest BCUT2D eigenvalue weighted by atomic mass is 9.77. The molecule has 6 aromatic rings. The summed E-state index contributed by atoms with van der Waals surface area (Å²) >= 11 is 0. The summed E-state index contributed by atoms with van der Waals surface area (Å²) in [5, 5.41) is 17.8. The van der Waals surface area contributed by atoms with Crippen LogP contribution in [-0.2, 0) is 15.1 Å². The number of pyridine rings is 1. The molecule has 8 heteroatoms. The molecule has 0 bridgehead atoms. The molecule has 0 saturated carbocycles. The van der Waals surface area contributed by atoms with Gasteiger partial charge in [0.1, 0.15) is 17.1 Å². The van der Waals surface area contributed by atoms with Gasteiger partial charge in [0.2, 0.25) is 0 Å².